The number of anilines is 1. The molecule has 0 aromatic heterocycles. The second kappa shape index (κ2) is 8.22. The molecule has 0 fully saturated rings. The minimum absolute atomic E-state index is 0.0433. The zero-order valence-electron chi connectivity index (χ0n) is 16.7. The summed E-state index contributed by atoms with van der Waals surface area (Å²) < 4.78 is 77.7. The molecule has 1 aliphatic heterocycles. The summed E-state index contributed by atoms with van der Waals surface area (Å²) in [5, 5.41) is 0.382. The van der Waals surface area contributed by atoms with Gasteiger partial charge < -0.3 is 9.47 Å². The fourth-order valence-corrected chi connectivity index (χ4v) is 5.18. The number of hydrogen-bond acceptors (Lipinski definition) is 4. The predicted octanol–water partition coefficient (Wildman–Crippen LogP) is 5.62. The number of methoxy groups -OCH3 is 1. The zero-order valence-corrected chi connectivity index (χ0v) is 18.3. The van der Waals surface area contributed by atoms with Gasteiger partial charge in [-0.25, -0.2) is 8.42 Å². The van der Waals surface area contributed by atoms with Crippen LogP contribution in [0.15, 0.2) is 65.6 Å². The van der Waals surface area contributed by atoms with E-state index in [1.807, 2.05) is 0 Å². The first-order valence-corrected chi connectivity index (χ1v) is 11.2. The number of benzene rings is 3. The first-order chi connectivity index (χ1) is 15.1. The average molecular weight is 484 g/mol. The molecule has 0 spiro atoms. The summed E-state index contributed by atoms with van der Waals surface area (Å²) in [6.45, 7) is 0.0251. The van der Waals surface area contributed by atoms with E-state index in [0.29, 0.717) is 33.7 Å². The van der Waals surface area contributed by atoms with E-state index in [-0.39, 0.29) is 18.8 Å². The molecule has 5 nitrogen and oxygen atoms in total. The van der Waals surface area contributed by atoms with Gasteiger partial charge in [0.05, 0.1) is 34.8 Å². The lowest BCUT2D eigenvalue weighted by atomic mass is 10.0. The lowest BCUT2D eigenvalue weighted by Gasteiger charge is -2.31. The summed E-state index contributed by atoms with van der Waals surface area (Å²) in [7, 11) is -2.78. The molecule has 0 N–H and O–H groups in total. The normalized spacial score (nSPS) is 14.0. The van der Waals surface area contributed by atoms with Crippen LogP contribution in [0.1, 0.15) is 5.56 Å². The van der Waals surface area contributed by atoms with Crippen molar-refractivity contribution in [3.63, 3.8) is 0 Å². The molecule has 0 saturated carbocycles. The van der Waals surface area contributed by atoms with Crippen LogP contribution in [-0.2, 0) is 16.2 Å². The van der Waals surface area contributed by atoms with Crippen LogP contribution >= 0.6 is 11.6 Å². The Hall–Kier alpha value is -2.91. The molecule has 0 amide bonds. The van der Waals surface area contributed by atoms with Gasteiger partial charge in [0.15, 0.2) is 0 Å². The van der Waals surface area contributed by atoms with Crippen molar-refractivity contribution < 1.29 is 31.1 Å². The highest BCUT2D eigenvalue weighted by Crippen LogP contribution is 2.40. The van der Waals surface area contributed by atoms with Gasteiger partial charge in [-0.15, -0.1) is 0 Å². The summed E-state index contributed by atoms with van der Waals surface area (Å²) in [6.07, 6.45) is -4.66. The Balaban J connectivity index is 1.78. The second-order valence-corrected chi connectivity index (χ2v) is 9.25. The summed E-state index contributed by atoms with van der Waals surface area (Å²) in [6, 6.07) is 13.8. The highest BCUT2D eigenvalue weighted by Gasteiger charge is 2.34. The van der Waals surface area contributed by atoms with Crippen LogP contribution in [0.2, 0.25) is 5.02 Å². The van der Waals surface area contributed by atoms with Gasteiger partial charge in [-0.2, -0.15) is 13.2 Å². The van der Waals surface area contributed by atoms with Gasteiger partial charge in [-0.3, -0.25) is 4.31 Å². The minimum atomic E-state index is -4.66. The van der Waals surface area contributed by atoms with Crippen molar-refractivity contribution >= 4 is 27.3 Å². The van der Waals surface area contributed by atoms with E-state index in [0.717, 1.165) is 22.5 Å². The first kappa shape index (κ1) is 22.3. The summed E-state index contributed by atoms with van der Waals surface area (Å²) >= 11 is 6.21. The Kier molecular flexibility index (Phi) is 5.72. The highest BCUT2D eigenvalue weighted by atomic mass is 35.5. The maximum absolute atomic E-state index is 13.3. The first-order valence-electron chi connectivity index (χ1n) is 9.42. The molecule has 0 radical (unpaired) electrons. The molecule has 0 bridgehead atoms. The van der Waals surface area contributed by atoms with Gasteiger partial charge in [0, 0.05) is 0 Å². The van der Waals surface area contributed by atoms with Crippen molar-refractivity contribution in [1.29, 1.82) is 0 Å². The maximum Gasteiger partial charge on any atom is 0.416 e. The summed E-state index contributed by atoms with van der Waals surface area (Å²) in [4.78, 5) is -0.446. The fourth-order valence-electron chi connectivity index (χ4n) is 3.43. The number of hydrogen-bond donors (Lipinski definition) is 0. The lowest BCUT2D eigenvalue weighted by molar-refractivity contribution is -0.137. The van der Waals surface area contributed by atoms with E-state index >= 15 is 0 Å². The number of fused-ring (bicyclic) bond motifs is 1. The average Bonchev–Trinajstić information content (AvgIpc) is 2.77. The highest BCUT2D eigenvalue weighted by molar-refractivity contribution is 7.92. The molecular formula is C22H17ClF3NO4S. The van der Waals surface area contributed by atoms with Crippen LogP contribution in [0.5, 0.6) is 11.5 Å². The monoisotopic (exact) mass is 483 g/mol. The maximum atomic E-state index is 13.3. The van der Waals surface area contributed by atoms with E-state index in [2.05, 4.69) is 0 Å². The number of ether oxygens (including phenoxy) is 2. The number of halogens is 4. The molecule has 10 heteroatoms. The largest absolute Gasteiger partial charge is 0.495 e. The van der Waals surface area contributed by atoms with Gasteiger partial charge in [-0.1, -0.05) is 29.8 Å². The Morgan fingerprint density at radius 2 is 1.75 bits per heavy atom. The van der Waals surface area contributed by atoms with Crippen molar-refractivity contribution in [2.45, 2.75) is 11.1 Å². The van der Waals surface area contributed by atoms with E-state index < -0.39 is 26.7 Å². The minimum Gasteiger partial charge on any atom is -0.495 e. The smallest absolute Gasteiger partial charge is 0.416 e. The SMILES string of the molecule is COc1ccc(-c2ccc3c(c2)N(S(=O)(=O)c2cccc(C(F)(F)F)c2)CCO3)cc1Cl. The molecule has 0 saturated heterocycles. The van der Waals surface area contributed by atoms with Crippen molar-refractivity contribution in [3.05, 3.63) is 71.2 Å². The van der Waals surface area contributed by atoms with Crippen LogP contribution in [0.3, 0.4) is 0 Å². The quantitative estimate of drug-likeness (QED) is 0.483. The van der Waals surface area contributed by atoms with Crippen LogP contribution in [-0.4, -0.2) is 28.7 Å². The van der Waals surface area contributed by atoms with Gasteiger partial charge in [-0.05, 0) is 53.6 Å². The van der Waals surface area contributed by atoms with Crippen molar-refractivity contribution in [2.75, 3.05) is 24.6 Å². The molecule has 3 aromatic carbocycles. The van der Waals surface area contributed by atoms with Crippen molar-refractivity contribution in [2.24, 2.45) is 0 Å². The number of rotatable bonds is 4. The van der Waals surface area contributed by atoms with Crippen LogP contribution in [0.4, 0.5) is 18.9 Å². The standard InChI is InChI=1S/C22H17ClF3NO4S/c1-30-20-7-5-14(11-18(20)23)15-6-8-21-19(12-15)27(9-10-31-21)32(28,29)17-4-2-3-16(13-17)22(24,25)26/h2-8,11-13H,9-10H2,1H3. The zero-order chi connectivity index (χ0) is 23.1. The van der Waals surface area contributed by atoms with Crippen molar-refractivity contribution in [3.8, 4) is 22.6 Å². The Labute approximate surface area is 188 Å². The molecule has 0 aliphatic carbocycles. The fraction of sp³-hybridized carbons (Fsp3) is 0.182. The summed E-state index contributed by atoms with van der Waals surface area (Å²) in [5.74, 6) is 0.806. The molecule has 0 unspecified atom stereocenters. The molecular weight excluding hydrogens is 467 g/mol. The number of sulfonamides is 1. The van der Waals surface area contributed by atoms with Crippen LogP contribution < -0.4 is 13.8 Å². The Bertz CT molecular complexity index is 1280. The molecule has 1 aliphatic rings. The van der Waals surface area contributed by atoms with Crippen LogP contribution in [0, 0.1) is 0 Å². The number of alkyl halides is 3. The van der Waals surface area contributed by atoms with E-state index in [4.69, 9.17) is 21.1 Å². The van der Waals surface area contributed by atoms with Gasteiger partial charge in [0.25, 0.3) is 10.0 Å². The third-order valence-corrected chi connectivity index (χ3v) is 7.12. The molecule has 32 heavy (non-hydrogen) atoms. The second-order valence-electron chi connectivity index (χ2n) is 6.98. The molecule has 168 valence electrons. The summed E-state index contributed by atoms with van der Waals surface area (Å²) in [5.41, 5.74) is 0.565. The molecule has 3 aromatic rings. The van der Waals surface area contributed by atoms with Crippen molar-refractivity contribution in [1.82, 2.24) is 0 Å². The Morgan fingerprint density at radius 1 is 1.03 bits per heavy atom. The van der Waals surface area contributed by atoms with Crippen LogP contribution in [0.25, 0.3) is 11.1 Å². The van der Waals surface area contributed by atoms with Gasteiger partial charge >= 0.3 is 6.18 Å². The Morgan fingerprint density at radius 3 is 2.44 bits per heavy atom. The topological polar surface area (TPSA) is 55.8 Å². The van der Waals surface area contributed by atoms with Gasteiger partial charge in [0.1, 0.15) is 18.1 Å². The molecule has 0 atom stereocenters. The third-order valence-electron chi connectivity index (χ3n) is 5.01. The third kappa shape index (κ3) is 4.10. The van der Waals surface area contributed by atoms with Gasteiger partial charge in [0.2, 0.25) is 0 Å². The van der Waals surface area contributed by atoms with E-state index in [1.165, 1.54) is 7.11 Å². The predicted molar refractivity (Wildman–Crippen MR) is 115 cm³/mol. The van der Waals surface area contributed by atoms with E-state index in [9.17, 15) is 21.6 Å². The lowest BCUT2D eigenvalue weighted by Crippen LogP contribution is -2.38. The molecule has 4 rings (SSSR count). The number of nitrogens with zero attached hydrogens (tertiary/aromatic N) is 1. The van der Waals surface area contributed by atoms with E-state index in [1.54, 1.807) is 36.4 Å². The molecule has 1 heterocycles.